The number of Topliss-reactive ketones (excluding diaryl/α,β-unsaturated/α-hetero) is 1. The van der Waals surface area contributed by atoms with Gasteiger partial charge in [-0.15, -0.1) is 0 Å². The number of benzene rings is 2. The Bertz CT molecular complexity index is 1140. The molecule has 1 aliphatic heterocycles. The largest absolute Gasteiger partial charge is 0.507 e. The molecule has 1 aliphatic carbocycles. The van der Waals surface area contributed by atoms with E-state index in [1.807, 2.05) is 38.1 Å². The predicted molar refractivity (Wildman–Crippen MR) is 131 cm³/mol. The monoisotopic (exact) mass is 483 g/mol. The van der Waals surface area contributed by atoms with Crippen molar-refractivity contribution in [1.82, 2.24) is 4.90 Å². The van der Waals surface area contributed by atoms with Gasteiger partial charge in [-0.3, -0.25) is 9.59 Å². The van der Waals surface area contributed by atoms with E-state index in [0.717, 1.165) is 43.2 Å². The van der Waals surface area contributed by atoms with Crippen LogP contribution in [0.3, 0.4) is 0 Å². The van der Waals surface area contributed by atoms with Crippen LogP contribution in [0.4, 0.5) is 0 Å². The van der Waals surface area contributed by atoms with Crippen LogP contribution in [0.1, 0.15) is 61.8 Å². The highest BCUT2D eigenvalue weighted by molar-refractivity contribution is 6.46. The first-order valence-electron chi connectivity index (χ1n) is 11.7. The molecule has 0 aromatic heterocycles. The van der Waals surface area contributed by atoms with E-state index in [1.54, 1.807) is 17.0 Å². The number of likely N-dealkylation sites (tertiary alicyclic amines) is 1. The van der Waals surface area contributed by atoms with Gasteiger partial charge in [0.25, 0.3) is 11.7 Å². The average Bonchev–Trinajstić information content (AvgIpc) is 3.09. The van der Waals surface area contributed by atoms with E-state index >= 15 is 0 Å². The summed E-state index contributed by atoms with van der Waals surface area (Å²) in [7, 11) is 1.46. The zero-order valence-electron chi connectivity index (χ0n) is 19.8. The summed E-state index contributed by atoms with van der Waals surface area (Å²) in [6, 6.07) is 10.0. The lowest BCUT2D eigenvalue weighted by atomic mass is 9.90. The number of methoxy groups -OCH3 is 1. The summed E-state index contributed by atoms with van der Waals surface area (Å²) in [6.45, 7) is 4.23. The number of hydrogen-bond donors (Lipinski definition) is 1. The molecule has 1 saturated heterocycles. The van der Waals surface area contributed by atoms with Crippen molar-refractivity contribution in [3.8, 4) is 11.5 Å². The fourth-order valence-corrected chi connectivity index (χ4v) is 5.46. The quantitative estimate of drug-likeness (QED) is 0.319. The van der Waals surface area contributed by atoms with E-state index in [4.69, 9.17) is 21.1 Å². The molecule has 180 valence electrons. The summed E-state index contributed by atoms with van der Waals surface area (Å²) in [4.78, 5) is 28.5. The molecule has 2 aliphatic rings. The van der Waals surface area contributed by atoms with Crippen LogP contribution in [0.5, 0.6) is 11.5 Å². The van der Waals surface area contributed by atoms with Crippen molar-refractivity contribution < 1.29 is 24.2 Å². The highest BCUT2D eigenvalue weighted by atomic mass is 35.5. The van der Waals surface area contributed by atoms with Gasteiger partial charge in [0.05, 0.1) is 35.9 Å². The number of ether oxygens (including phenoxy) is 2. The molecule has 1 N–H and O–H groups in total. The molecule has 1 unspecified atom stereocenters. The summed E-state index contributed by atoms with van der Waals surface area (Å²) < 4.78 is 11.1. The lowest BCUT2D eigenvalue weighted by Crippen LogP contribution is -2.40. The molecule has 1 amide bonds. The van der Waals surface area contributed by atoms with Gasteiger partial charge in [0, 0.05) is 6.04 Å². The maximum Gasteiger partial charge on any atom is 0.295 e. The van der Waals surface area contributed by atoms with Crippen molar-refractivity contribution >= 4 is 29.1 Å². The second-order valence-electron chi connectivity index (χ2n) is 8.83. The van der Waals surface area contributed by atoms with Crippen molar-refractivity contribution in [2.45, 2.75) is 58.0 Å². The molecule has 0 bridgehead atoms. The first-order chi connectivity index (χ1) is 16.4. The molecule has 0 spiro atoms. The van der Waals surface area contributed by atoms with Crippen molar-refractivity contribution in [3.63, 3.8) is 0 Å². The van der Waals surface area contributed by atoms with Crippen LogP contribution in [0.2, 0.25) is 5.02 Å². The van der Waals surface area contributed by atoms with Gasteiger partial charge in [-0.2, -0.15) is 0 Å². The van der Waals surface area contributed by atoms with Crippen LogP contribution in [0, 0.1) is 6.92 Å². The zero-order chi connectivity index (χ0) is 24.4. The number of carbonyl (C=O) groups excluding carboxylic acids is 2. The van der Waals surface area contributed by atoms with Crippen LogP contribution in [-0.4, -0.2) is 41.5 Å². The average molecular weight is 484 g/mol. The number of amides is 1. The summed E-state index contributed by atoms with van der Waals surface area (Å²) >= 11 is 6.37. The van der Waals surface area contributed by atoms with Crippen LogP contribution in [0.15, 0.2) is 42.0 Å². The maximum absolute atomic E-state index is 13.4. The molecule has 7 heteroatoms. The van der Waals surface area contributed by atoms with Crippen molar-refractivity contribution in [2.75, 3.05) is 13.7 Å². The van der Waals surface area contributed by atoms with E-state index in [-0.39, 0.29) is 23.1 Å². The third-order valence-electron chi connectivity index (χ3n) is 6.58. The van der Waals surface area contributed by atoms with Gasteiger partial charge in [0.15, 0.2) is 0 Å². The van der Waals surface area contributed by atoms with Crippen LogP contribution >= 0.6 is 11.6 Å². The van der Waals surface area contributed by atoms with E-state index in [0.29, 0.717) is 22.9 Å². The van der Waals surface area contributed by atoms with Gasteiger partial charge in [0.1, 0.15) is 17.3 Å². The molecule has 6 nitrogen and oxygen atoms in total. The standard InChI is InChI=1S/C27H30ClNO5/c1-4-34-19-12-8-9-17(15-19)23-22(24(30)20-13-16(2)14-21(28)26(20)33-3)25(31)27(32)29(23)18-10-6-5-7-11-18/h8-9,12-15,18,23,30H,4-7,10-11H2,1-3H3/b24-22+. The number of nitrogens with zero attached hydrogens (tertiary/aromatic N) is 1. The summed E-state index contributed by atoms with van der Waals surface area (Å²) in [5.74, 6) is -0.667. The normalized spacial score (nSPS) is 20.6. The fraction of sp³-hybridized carbons (Fsp3) is 0.407. The number of aryl methyl sites for hydroxylation is 1. The van der Waals surface area contributed by atoms with Gasteiger partial charge in [-0.05, 0) is 62.1 Å². The zero-order valence-corrected chi connectivity index (χ0v) is 20.5. The molecule has 2 aromatic carbocycles. The molecule has 0 radical (unpaired) electrons. The van der Waals surface area contributed by atoms with Crippen LogP contribution in [0.25, 0.3) is 5.76 Å². The second kappa shape index (κ2) is 10.1. The Morgan fingerprint density at radius 1 is 1.15 bits per heavy atom. The van der Waals surface area contributed by atoms with Gasteiger partial charge in [0.2, 0.25) is 0 Å². The van der Waals surface area contributed by atoms with Crippen molar-refractivity contribution in [2.24, 2.45) is 0 Å². The lowest BCUT2D eigenvalue weighted by molar-refractivity contribution is -0.141. The Hall–Kier alpha value is -2.99. The fourth-order valence-electron chi connectivity index (χ4n) is 5.11. The SMILES string of the molecule is CCOc1cccc(C2/C(=C(\O)c3cc(C)cc(Cl)c3OC)C(=O)C(=O)N2C2CCCCC2)c1. The third-order valence-corrected chi connectivity index (χ3v) is 6.86. The number of rotatable bonds is 6. The summed E-state index contributed by atoms with van der Waals surface area (Å²) in [6.07, 6.45) is 4.77. The van der Waals surface area contributed by atoms with Crippen LogP contribution in [-0.2, 0) is 9.59 Å². The number of carbonyl (C=O) groups is 2. The maximum atomic E-state index is 13.4. The molecule has 2 fully saturated rings. The molecular formula is C27H30ClNO5. The van der Waals surface area contributed by atoms with Crippen molar-refractivity contribution in [3.05, 3.63) is 63.7 Å². The molecular weight excluding hydrogens is 454 g/mol. The number of aliphatic hydroxyl groups is 1. The number of ketones is 1. The van der Waals surface area contributed by atoms with Gasteiger partial charge >= 0.3 is 0 Å². The Morgan fingerprint density at radius 2 is 1.88 bits per heavy atom. The Kier molecular flexibility index (Phi) is 7.17. The topological polar surface area (TPSA) is 76.1 Å². The lowest BCUT2D eigenvalue weighted by Gasteiger charge is -2.35. The van der Waals surface area contributed by atoms with Gasteiger partial charge in [-0.25, -0.2) is 0 Å². The van der Waals surface area contributed by atoms with Gasteiger partial charge in [-0.1, -0.05) is 43.0 Å². The predicted octanol–water partition coefficient (Wildman–Crippen LogP) is 5.81. The minimum absolute atomic E-state index is 0.0455. The van der Waals surface area contributed by atoms with E-state index in [1.165, 1.54) is 7.11 Å². The molecule has 1 atom stereocenters. The smallest absolute Gasteiger partial charge is 0.295 e. The highest BCUT2D eigenvalue weighted by Crippen LogP contribution is 2.45. The molecule has 34 heavy (non-hydrogen) atoms. The molecule has 1 saturated carbocycles. The summed E-state index contributed by atoms with van der Waals surface area (Å²) in [5, 5.41) is 11.8. The number of halogens is 1. The Morgan fingerprint density at radius 3 is 2.56 bits per heavy atom. The van der Waals surface area contributed by atoms with Gasteiger partial charge < -0.3 is 19.5 Å². The third kappa shape index (κ3) is 4.39. The molecule has 2 aromatic rings. The summed E-state index contributed by atoms with van der Waals surface area (Å²) in [5.41, 5.74) is 1.85. The van der Waals surface area contributed by atoms with E-state index in [9.17, 15) is 14.7 Å². The Labute approximate surface area is 205 Å². The first-order valence-corrected chi connectivity index (χ1v) is 12.1. The van der Waals surface area contributed by atoms with Crippen molar-refractivity contribution in [1.29, 1.82) is 0 Å². The molecule has 1 heterocycles. The molecule has 4 rings (SSSR count). The van der Waals surface area contributed by atoms with E-state index < -0.39 is 17.7 Å². The first kappa shape index (κ1) is 24.1. The second-order valence-corrected chi connectivity index (χ2v) is 9.24. The van der Waals surface area contributed by atoms with E-state index in [2.05, 4.69) is 0 Å². The Balaban J connectivity index is 1.94. The number of hydrogen-bond acceptors (Lipinski definition) is 5. The minimum atomic E-state index is -0.729. The van der Waals surface area contributed by atoms with Crippen LogP contribution < -0.4 is 9.47 Å². The minimum Gasteiger partial charge on any atom is -0.507 e. The highest BCUT2D eigenvalue weighted by Gasteiger charge is 2.49. The number of aliphatic hydroxyl groups excluding tert-OH is 1.